The van der Waals surface area contributed by atoms with Gasteiger partial charge in [-0.3, -0.25) is 9.13 Å². The lowest BCUT2D eigenvalue weighted by atomic mass is 9.79. The molecule has 0 amide bonds. The number of allylic oxidation sites excluding steroid dienone is 6. The Labute approximate surface area is 273 Å². The number of rotatable bonds is 10. The summed E-state index contributed by atoms with van der Waals surface area (Å²) in [7, 11) is -3.93. The van der Waals surface area contributed by atoms with E-state index in [9.17, 15) is 28.8 Å². The van der Waals surface area contributed by atoms with Crippen LogP contribution in [0, 0.1) is 0 Å². The second-order valence-electron chi connectivity index (χ2n) is 13.3. The normalized spacial score (nSPS) is 24.6. The van der Waals surface area contributed by atoms with E-state index in [2.05, 4.69) is 37.5 Å². The Bertz CT molecular complexity index is 2000. The van der Waals surface area contributed by atoms with Crippen molar-refractivity contribution in [1.29, 1.82) is 0 Å². The Morgan fingerprint density at radius 1 is 0.660 bits per heavy atom. The molecule has 0 saturated carbocycles. The number of sulfone groups is 1. The summed E-state index contributed by atoms with van der Waals surface area (Å²) in [6, 6.07) is 12.1. The number of hydrogen-bond acceptors (Lipinski definition) is 6. The van der Waals surface area contributed by atoms with Gasteiger partial charge in [0.15, 0.2) is 0 Å². The van der Waals surface area contributed by atoms with Gasteiger partial charge < -0.3 is 20.4 Å². The third-order valence-corrected chi connectivity index (χ3v) is 12.7. The van der Waals surface area contributed by atoms with Crippen LogP contribution in [0.2, 0.25) is 0 Å². The third-order valence-electron chi connectivity index (χ3n) is 10.9. The molecule has 8 rings (SSSR count). The number of aromatic nitrogens is 2. The van der Waals surface area contributed by atoms with E-state index in [-0.39, 0.29) is 56.0 Å². The summed E-state index contributed by atoms with van der Waals surface area (Å²) in [5.41, 5.74) is 3.12. The molecule has 2 aromatic carbocycles. The van der Waals surface area contributed by atoms with Crippen LogP contribution in [0.5, 0.6) is 23.5 Å². The highest BCUT2D eigenvalue weighted by Crippen LogP contribution is 2.63. The zero-order chi connectivity index (χ0) is 32.9. The fourth-order valence-electron chi connectivity index (χ4n) is 8.75. The Balaban J connectivity index is 1.08. The molecule has 0 radical (unpaired) electrons. The molecule has 4 bridgehead atoms. The van der Waals surface area contributed by atoms with Gasteiger partial charge in [-0.1, -0.05) is 36.5 Å². The molecule has 4 N–H and O–H groups in total. The van der Waals surface area contributed by atoms with E-state index in [1.807, 2.05) is 12.2 Å². The molecular formula is C38H36N2O6S. The van der Waals surface area contributed by atoms with Crippen molar-refractivity contribution in [2.45, 2.75) is 71.0 Å². The first-order valence-electron chi connectivity index (χ1n) is 16.0. The zero-order valence-electron chi connectivity index (χ0n) is 25.8. The minimum Gasteiger partial charge on any atom is -0.494 e. The van der Waals surface area contributed by atoms with Gasteiger partial charge in [0.25, 0.3) is 0 Å². The second-order valence-corrected chi connectivity index (χ2v) is 15.3. The molecule has 2 heterocycles. The van der Waals surface area contributed by atoms with Crippen LogP contribution in [-0.4, -0.2) is 38.0 Å². The largest absolute Gasteiger partial charge is 0.494 e. The van der Waals surface area contributed by atoms with Gasteiger partial charge in [0.05, 0.1) is 21.2 Å². The smallest absolute Gasteiger partial charge is 0.206 e. The highest BCUT2D eigenvalue weighted by molar-refractivity contribution is 7.91. The number of fused-ring (bicyclic) bond motifs is 10. The van der Waals surface area contributed by atoms with E-state index in [4.69, 9.17) is 0 Å². The van der Waals surface area contributed by atoms with Gasteiger partial charge in [-0.15, -0.1) is 13.2 Å². The highest BCUT2D eigenvalue weighted by Gasteiger charge is 2.52. The standard InChI is InChI=1S/C38H36N2O6S/c1-3-5-17-37-19-15-23(21-37)29-31(37)35(43)39(33(29)41)25-7-11-27(12-8-25)47(45,46)28-13-9-26(10-14-28)40-34(42)30-24-16-20-38(22-24,18-6-4-2)32(30)36(40)44/h3-4,7-16,19-20,23-24,41-44H,1-2,5-6,17-18,21-22H2. The van der Waals surface area contributed by atoms with Crippen LogP contribution in [0.4, 0.5) is 0 Å². The summed E-state index contributed by atoms with van der Waals surface area (Å²) in [4.78, 5) is 0.101. The van der Waals surface area contributed by atoms with Gasteiger partial charge >= 0.3 is 0 Å². The lowest BCUT2D eigenvalue weighted by Crippen LogP contribution is -2.18. The van der Waals surface area contributed by atoms with Crippen LogP contribution in [0.1, 0.15) is 72.6 Å². The molecule has 8 nitrogen and oxygen atoms in total. The van der Waals surface area contributed by atoms with Crippen molar-refractivity contribution in [3.63, 3.8) is 0 Å². The van der Waals surface area contributed by atoms with E-state index in [1.165, 1.54) is 33.4 Å². The Kier molecular flexibility index (Phi) is 6.31. The average molecular weight is 649 g/mol. The topological polar surface area (TPSA) is 125 Å². The molecule has 0 spiro atoms. The van der Waals surface area contributed by atoms with Crippen molar-refractivity contribution in [1.82, 2.24) is 9.13 Å². The summed E-state index contributed by atoms with van der Waals surface area (Å²) in [6.45, 7) is 7.67. The van der Waals surface area contributed by atoms with Gasteiger partial charge in [0, 0.05) is 44.9 Å². The van der Waals surface area contributed by atoms with Crippen molar-refractivity contribution in [2.75, 3.05) is 0 Å². The fraction of sp³-hybridized carbons (Fsp3) is 0.263. The Morgan fingerprint density at radius 3 is 1.40 bits per heavy atom. The average Bonchev–Trinajstić information content (AvgIpc) is 3.91. The Hall–Kier alpha value is -4.89. The quantitative estimate of drug-likeness (QED) is 0.133. The summed E-state index contributed by atoms with van der Waals surface area (Å²) >= 11 is 0. The van der Waals surface area contributed by atoms with Gasteiger partial charge in [0.2, 0.25) is 33.4 Å². The van der Waals surface area contributed by atoms with Crippen LogP contribution in [0.25, 0.3) is 11.4 Å². The highest BCUT2D eigenvalue weighted by atomic mass is 32.2. The van der Waals surface area contributed by atoms with E-state index >= 15 is 0 Å². The summed E-state index contributed by atoms with van der Waals surface area (Å²) < 4.78 is 30.1. The van der Waals surface area contributed by atoms with Crippen LogP contribution in [-0.2, 0) is 20.7 Å². The van der Waals surface area contributed by atoms with Crippen LogP contribution < -0.4 is 0 Å². The predicted molar refractivity (Wildman–Crippen MR) is 179 cm³/mol. The first-order chi connectivity index (χ1) is 22.6. The number of hydrogen-bond donors (Lipinski definition) is 4. The first kappa shape index (κ1) is 29.5. The number of benzene rings is 2. The number of nitrogens with zero attached hydrogens (tertiary/aromatic N) is 2. The minimum absolute atomic E-state index is 0.0196. The van der Waals surface area contributed by atoms with Crippen molar-refractivity contribution >= 4 is 9.84 Å². The second kappa shape index (κ2) is 10.1. The lowest BCUT2D eigenvalue weighted by Gasteiger charge is -2.24. The minimum atomic E-state index is -3.93. The molecule has 240 valence electrons. The van der Waals surface area contributed by atoms with E-state index < -0.39 is 9.84 Å². The molecule has 0 aliphatic heterocycles. The monoisotopic (exact) mass is 648 g/mol. The molecule has 0 fully saturated rings. The third kappa shape index (κ3) is 3.89. The SMILES string of the molecule is C=CCCC12C=CC(C1)c1c2c(O)n(-c2ccc(S(=O)(=O)c3ccc(-n4c(O)c5c(c4O)C4(CCC=C)C=CC5C4)cc3)cc2)c1O. The van der Waals surface area contributed by atoms with Crippen molar-refractivity contribution < 1.29 is 28.8 Å². The van der Waals surface area contributed by atoms with E-state index in [0.29, 0.717) is 11.4 Å². The molecule has 4 unspecified atom stereocenters. The predicted octanol–water partition coefficient (Wildman–Crippen LogP) is 7.45. The lowest BCUT2D eigenvalue weighted by molar-refractivity contribution is 0.383. The molecule has 47 heavy (non-hydrogen) atoms. The maximum Gasteiger partial charge on any atom is 0.206 e. The van der Waals surface area contributed by atoms with Gasteiger partial charge in [-0.05, 0) is 87.1 Å². The van der Waals surface area contributed by atoms with Crippen LogP contribution in [0.3, 0.4) is 0 Å². The molecular weight excluding hydrogens is 612 g/mol. The molecule has 0 saturated heterocycles. The molecule has 4 aliphatic rings. The van der Waals surface area contributed by atoms with Crippen molar-refractivity contribution in [3.8, 4) is 34.9 Å². The van der Waals surface area contributed by atoms with Gasteiger partial charge in [0.1, 0.15) is 0 Å². The molecule has 4 aliphatic carbocycles. The van der Waals surface area contributed by atoms with Gasteiger partial charge in [-0.25, -0.2) is 8.42 Å². The summed E-state index contributed by atoms with van der Waals surface area (Å²) in [6.07, 6.45) is 16.9. The summed E-state index contributed by atoms with van der Waals surface area (Å²) in [5, 5.41) is 45.1. The maximum absolute atomic E-state index is 13.7. The van der Waals surface area contributed by atoms with Crippen LogP contribution >= 0.6 is 0 Å². The maximum atomic E-state index is 13.7. The fourth-order valence-corrected chi connectivity index (χ4v) is 10.0. The first-order valence-corrected chi connectivity index (χ1v) is 17.5. The molecule has 9 heteroatoms. The number of aromatic hydroxyl groups is 4. The van der Waals surface area contributed by atoms with Crippen LogP contribution in [0.15, 0.2) is 108 Å². The molecule has 2 aromatic heterocycles. The van der Waals surface area contributed by atoms with Crippen molar-refractivity contribution in [3.05, 3.63) is 120 Å². The van der Waals surface area contributed by atoms with E-state index in [1.54, 1.807) is 24.3 Å². The molecule has 4 atom stereocenters. The van der Waals surface area contributed by atoms with Crippen molar-refractivity contribution in [2.24, 2.45) is 0 Å². The summed E-state index contributed by atoms with van der Waals surface area (Å²) in [5.74, 6) is -0.0832. The zero-order valence-corrected chi connectivity index (χ0v) is 26.6. The van der Waals surface area contributed by atoms with Gasteiger partial charge in [-0.2, -0.15) is 0 Å². The van der Waals surface area contributed by atoms with E-state index in [0.717, 1.165) is 60.8 Å². The molecule has 4 aromatic rings. The Morgan fingerprint density at radius 2 is 1.04 bits per heavy atom.